The zero-order valence-corrected chi connectivity index (χ0v) is 18.1. The number of halogens is 4. The third-order valence-electron chi connectivity index (χ3n) is 5.47. The third kappa shape index (κ3) is 4.88. The maximum absolute atomic E-state index is 15.3. The van der Waals surface area contributed by atoms with Gasteiger partial charge < -0.3 is 15.0 Å². The fourth-order valence-electron chi connectivity index (χ4n) is 3.97. The second-order valence-corrected chi connectivity index (χ2v) is 9.62. The number of sulfonamides is 1. The number of ether oxygens (including phenoxy) is 1. The van der Waals surface area contributed by atoms with Crippen molar-refractivity contribution in [2.45, 2.75) is 37.6 Å². The van der Waals surface area contributed by atoms with Crippen LogP contribution < -0.4 is 14.8 Å². The van der Waals surface area contributed by atoms with Crippen LogP contribution in [0.1, 0.15) is 23.2 Å². The van der Waals surface area contributed by atoms with Crippen molar-refractivity contribution >= 4 is 16.1 Å². The Morgan fingerprint density at radius 3 is 2.73 bits per heavy atom. The van der Waals surface area contributed by atoms with Gasteiger partial charge in [-0.25, -0.2) is 40.5 Å². The number of fused-ring (bicyclic) bond motifs is 5. The second kappa shape index (κ2) is 8.78. The Balaban J connectivity index is 1.80. The largest absolute Gasteiger partial charge is 0.435 e. The molecule has 178 valence electrons. The van der Waals surface area contributed by atoms with Crippen LogP contribution in [-0.2, 0) is 23.0 Å². The van der Waals surface area contributed by atoms with Gasteiger partial charge in [0.1, 0.15) is 6.17 Å². The van der Waals surface area contributed by atoms with E-state index in [4.69, 9.17) is 4.74 Å². The van der Waals surface area contributed by atoms with E-state index in [1.54, 1.807) is 0 Å². The molecule has 13 heteroatoms. The standard InChI is InChI=1S/C20H20F4N4O4S/c1-33(30,31)27-17-13(21)9-28-14(17)7-10-3-2-4-15(16(10)22)32-19-12(18(23)24)6-5-11(26-19)8-25-20(28)29/h2-6,13-14,17-18,27H,7-9H2,1H3,(H,25,29)/t13-,14-,17-/m0/s1. The summed E-state index contributed by atoms with van der Waals surface area (Å²) in [5, 5.41) is 2.52. The van der Waals surface area contributed by atoms with Crippen LogP contribution in [-0.4, -0.2) is 55.4 Å². The van der Waals surface area contributed by atoms with Gasteiger partial charge in [0.2, 0.25) is 15.9 Å². The molecule has 2 N–H and O–H groups in total. The molecule has 33 heavy (non-hydrogen) atoms. The van der Waals surface area contributed by atoms with Crippen molar-refractivity contribution in [3.05, 3.63) is 53.0 Å². The molecule has 8 nitrogen and oxygen atoms in total. The van der Waals surface area contributed by atoms with Gasteiger partial charge in [-0.05, 0) is 30.2 Å². The number of nitrogens with one attached hydrogen (secondary N) is 2. The van der Waals surface area contributed by atoms with Crippen molar-refractivity contribution in [3.8, 4) is 11.6 Å². The quantitative estimate of drug-likeness (QED) is 0.648. The number of carbonyl (C=O) groups excluding carboxylic acids is 1. The summed E-state index contributed by atoms with van der Waals surface area (Å²) in [5.41, 5.74) is -0.418. The van der Waals surface area contributed by atoms with E-state index in [2.05, 4.69) is 15.0 Å². The number of pyridine rings is 1. The molecule has 3 atom stereocenters. The lowest BCUT2D eigenvalue weighted by molar-refractivity contribution is 0.147. The molecule has 0 unspecified atom stereocenters. The molecular formula is C20H20F4N4O4S. The smallest absolute Gasteiger partial charge is 0.318 e. The Bertz CT molecular complexity index is 1180. The summed E-state index contributed by atoms with van der Waals surface area (Å²) >= 11 is 0. The highest BCUT2D eigenvalue weighted by Crippen LogP contribution is 2.34. The van der Waals surface area contributed by atoms with Crippen LogP contribution in [0.4, 0.5) is 22.4 Å². The summed E-state index contributed by atoms with van der Waals surface area (Å²) in [6.45, 7) is -0.631. The van der Waals surface area contributed by atoms with Gasteiger partial charge in [-0.1, -0.05) is 12.1 Å². The Hall–Kier alpha value is -2.93. The number of rotatable bonds is 3. The van der Waals surface area contributed by atoms with E-state index < -0.39 is 64.5 Å². The number of carbonyl (C=O) groups is 1. The maximum atomic E-state index is 15.3. The molecule has 1 aromatic carbocycles. The number of benzene rings is 1. The summed E-state index contributed by atoms with van der Waals surface area (Å²) in [7, 11) is -3.84. The molecule has 1 saturated heterocycles. The molecule has 0 saturated carbocycles. The van der Waals surface area contributed by atoms with Gasteiger partial charge in [-0.3, -0.25) is 0 Å². The fraction of sp³-hybridized carbons (Fsp3) is 0.400. The van der Waals surface area contributed by atoms with Gasteiger partial charge in [0, 0.05) is 0 Å². The summed E-state index contributed by atoms with van der Waals surface area (Å²) in [4.78, 5) is 17.9. The Morgan fingerprint density at radius 2 is 2.03 bits per heavy atom. The molecular weight excluding hydrogens is 468 g/mol. The molecule has 2 amide bonds. The topological polar surface area (TPSA) is 101 Å². The third-order valence-corrected chi connectivity index (χ3v) is 6.17. The van der Waals surface area contributed by atoms with Crippen LogP contribution in [0.25, 0.3) is 0 Å². The first-order valence-corrected chi connectivity index (χ1v) is 11.8. The maximum Gasteiger partial charge on any atom is 0.318 e. The molecule has 3 heterocycles. The fourth-order valence-corrected chi connectivity index (χ4v) is 4.77. The van der Waals surface area contributed by atoms with Crippen LogP contribution in [0.3, 0.4) is 0 Å². The van der Waals surface area contributed by atoms with E-state index >= 15 is 4.39 Å². The second-order valence-electron chi connectivity index (χ2n) is 7.84. The van der Waals surface area contributed by atoms with Crippen molar-refractivity contribution in [2.75, 3.05) is 12.8 Å². The van der Waals surface area contributed by atoms with E-state index in [0.29, 0.717) is 0 Å². The lowest BCUT2D eigenvalue weighted by atomic mass is 9.99. The molecule has 2 aromatic rings. The minimum atomic E-state index is -3.84. The molecule has 4 rings (SSSR count). The van der Waals surface area contributed by atoms with E-state index in [1.165, 1.54) is 24.3 Å². The van der Waals surface area contributed by atoms with Crippen molar-refractivity contribution in [1.82, 2.24) is 19.9 Å². The van der Waals surface area contributed by atoms with Crippen molar-refractivity contribution in [2.24, 2.45) is 0 Å². The van der Waals surface area contributed by atoms with Gasteiger partial charge >= 0.3 is 6.03 Å². The van der Waals surface area contributed by atoms with Gasteiger partial charge in [0.25, 0.3) is 6.43 Å². The average molecular weight is 488 g/mol. The molecule has 0 spiro atoms. The molecule has 2 aliphatic heterocycles. The summed E-state index contributed by atoms with van der Waals surface area (Å²) in [5.74, 6) is -1.80. The van der Waals surface area contributed by atoms with Crippen molar-refractivity contribution < 1.29 is 35.5 Å². The van der Waals surface area contributed by atoms with E-state index in [0.717, 1.165) is 17.2 Å². The monoisotopic (exact) mass is 488 g/mol. The molecule has 0 radical (unpaired) electrons. The molecule has 2 aliphatic rings. The highest BCUT2D eigenvalue weighted by molar-refractivity contribution is 7.88. The number of alkyl halides is 3. The molecule has 1 fully saturated rings. The minimum absolute atomic E-state index is 0.0151. The Labute approximate surface area is 187 Å². The molecule has 1 aromatic heterocycles. The van der Waals surface area contributed by atoms with E-state index in [1.807, 2.05) is 0 Å². The lowest BCUT2D eigenvalue weighted by Gasteiger charge is -2.28. The highest BCUT2D eigenvalue weighted by Gasteiger charge is 2.46. The number of hydrogen-bond donors (Lipinski definition) is 2. The number of amides is 2. The number of nitrogens with zero attached hydrogens (tertiary/aromatic N) is 2. The normalized spacial score (nSPS) is 23.2. The first kappa shape index (κ1) is 23.2. The van der Waals surface area contributed by atoms with E-state index in [9.17, 15) is 26.4 Å². The first-order chi connectivity index (χ1) is 15.5. The molecule has 4 bridgehead atoms. The molecule has 0 aliphatic carbocycles. The van der Waals surface area contributed by atoms with Gasteiger partial charge in [-0.15, -0.1) is 0 Å². The zero-order valence-electron chi connectivity index (χ0n) is 17.3. The predicted octanol–water partition coefficient (Wildman–Crippen LogP) is 2.66. The van der Waals surface area contributed by atoms with Crippen molar-refractivity contribution in [3.63, 3.8) is 0 Å². The van der Waals surface area contributed by atoms with Gasteiger partial charge in [-0.2, -0.15) is 0 Å². The van der Waals surface area contributed by atoms with Crippen molar-refractivity contribution in [1.29, 1.82) is 0 Å². The summed E-state index contributed by atoms with van der Waals surface area (Å²) < 4.78 is 88.1. The number of hydrogen-bond acceptors (Lipinski definition) is 5. The Kier molecular flexibility index (Phi) is 6.18. The van der Waals surface area contributed by atoms with Gasteiger partial charge in [0.05, 0.1) is 42.7 Å². The number of urea groups is 1. The number of aromatic nitrogens is 1. The van der Waals surface area contributed by atoms with Crippen LogP contribution in [0.2, 0.25) is 0 Å². The highest BCUT2D eigenvalue weighted by atomic mass is 32.2. The first-order valence-electron chi connectivity index (χ1n) is 9.92. The average Bonchev–Trinajstić information content (AvgIpc) is 3.02. The van der Waals surface area contributed by atoms with Crippen LogP contribution >= 0.6 is 0 Å². The predicted molar refractivity (Wildman–Crippen MR) is 109 cm³/mol. The lowest BCUT2D eigenvalue weighted by Crippen LogP contribution is -2.51. The van der Waals surface area contributed by atoms with Crippen LogP contribution in [0.5, 0.6) is 11.6 Å². The summed E-state index contributed by atoms with van der Waals surface area (Å²) in [6.07, 6.45) is -4.07. The minimum Gasteiger partial charge on any atom is -0.435 e. The van der Waals surface area contributed by atoms with Crippen LogP contribution in [0.15, 0.2) is 30.3 Å². The zero-order chi connectivity index (χ0) is 23.9. The van der Waals surface area contributed by atoms with E-state index in [-0.39, 0.29) is 30.0 Å². The Morgan fingerprint density at radius 1 is 1.27 bits per heavy atom. The SMILES string of the molecule is CS(=O)(=O)N[C@H]1[C@@H](F)CN2C(=O)NCc3ccc(C(F)F)c(n3)Oc3cccc(c3F)C[C@@H]12. The van der Waals surface area contributed by atoms with Gasteiger partial charge in [0.15, 0.2) is 11.6 Å². The van der Waals surface area contributed by atoms with Crippen LogP contribution in [0, 0.1) is 5.82 Å². The summed E-state index contributed by atoms with van der Waals surface area (Å²) in [6, 6.07) is 3.20.